The second-order valence-electron chi connectivity index (χ2n) is 4.79. The van der Waals surface area contributed by atoms with Crippen molar-refractivity contribution in [3.63, 3.8) is 0 Å². The van der Waals surface area contributed by atoms with E-state index in [4.69, 9.17) is 4.74 Å². The summed E-state index contributed by atoms with van der Waals surface area (Å²) in [6.45, 7) is 6.85. The summed E-state index contributed by atoms with van der Waals surface area (Å²) in [6, 6.07) is 0.726. The zero-order valence-corrected chi connectivity index (χ0v) is 10.5. The van der Waals surface area contributed by atoms with Gasteiger partial charge in [0.2, 0.25) is 0 Å². The summed E-state index contributed by atoms with van der Waals surface area (Å²) in [6.07, 6.45) is 3.69. The molecule has 0 radical (unpaired) electrons. The zero-order chi connectivity index (χ0) is 11.1. The molecule has 0 spiro atoms. The van der Waals surface area contributed by atoms with E-state index >= 15 is 0 Å². The van der Waals surface area contributed by atoms with Crippen LogP contribution in [0.1, 0.15) is 26.2 Å². The van der Waals surface area contributed by atoms with Crippen molar-refractivity contribution in [1.29, 1.82) is 0 Å². The average molecular weight is 214 g/mol. The number of methoxy groups -OCH3 is 1. The SMILES string of the molecule is COCCCCNC1CCN(C)CC1C. The van der Waals surface area contributed by atoms with Gasteiger partial charge >= 0.3 is 0 Å². The quantitative estimate of drug-likeness (QED) is 0.675. The highest BCUT2D eigenvalue weighted by atomic mass is 16.5. The van der Waals surface area contributed by atoms with Gasteiger partial charge in [0.25, 0.3) is 0 Å². The van der Waals surface area contributed by atoms with Crippen LogP contribution in [0, 0.1) is 5.92 Å². The standard InChI is InChI=1S/C12H26N2O/c1-11-10-14(2)8-6-12(11)13-7-4-5-9-15-3/h11-13H,4-10H2,1-3H3. The number of rotatable bonds is 6. The summed E-state index contributed by atoms with van der Waals surface area (Å²) in [7, 11) is 3.98. The van der Waals surface area contributed by atoms with Crippen LogP contribution < -0.4 is 5.32 Å². The van der Waals surface area contributed by atoms with E-state index in [1.165, 1.54) is 32.4 Å². The number of nitrogens with zero attached hydrogens (tertiary/aromatic N) is 1. The molecule has 1 aliphatic heterocycles. The van der Waals surface area contributed by atoms with Gasteiger partial charge in [0.05, 0.1) is 0 Å². The molecule has 1 saturated heterocycles. The Morgan fingerprint density at radius 1 is 1.40 bits per heavy atom. The molecule has 0 amide bonds. The molecule has 1 rings (SSSR count). The Hall–Kier alpha value is -0.120. The van der Waals surface area contributed by atoms with Crippen molar-refractivity contribution in [3.8, 4) is 0 Å². The van der Waals surface area contributed by atoms with Crippen molar-refractivity contribution >= 4 is 0 Å². The number of hydrogen-bond donors (Lipinski definition) is 1. The molecular formula is C12H26N2O. The lowest BCUT2D eigenvalue weighted by Crippen LogP contribution is -2.47. The van der Waals surface area contributed by atoms with E-state index in [0.717, 1.165) is 25.1 Å². The van der Waals surface area contributed by atoms with Crippen molar-refractivity contribution < 1.29 is 4.74 Å². The van der Waals surface area contributed by atoms with Crippen LogP contribution in [0.3, 0.4) is 0 Å². The predicted molar refractivity (Wildman–Crippen MR) is 64.2 cm³/mol. The fourth-order valence-electron chi connectivity index (χ4n) is 2.32. The van der Waals surface area contributed by atoms with Gasteiger partial charge in [-0.1, -0.05) is 6.92 Å². The molecule has 15 heavy (non-hydrogen) atoms. The van der Waals surface area contributed by atoms with Crippen molar-refractivity contribution in [2.45, 2.75) is 32.2 Å². The van der Waals surface area contributed by atoms with E-state index in [1.54, 1.807) is 7.11 Å². The van der Waals surface area contributed by atoms with Crippen molar-refractivity contribution in [2.24, 2.45) is 5.92 Å². The number of likely N-dealkylation sites (tertiary alicyclic amines) is 1. The molecule has 0 bridgehead atoms. The second-order valence-corrected chi connectivity index (χ2v) is 4.79. The van der Waals surface area contributed by atoms with E-state index in [0.29, 0.717) is 0 Å². The largest absolute Gasteiger partial charge is 0.385 e. The third kappa shape index (κ3) is 4.96. The topological polar surface area (TPSA) is 24.5 Å². The molecule has 0 aromatic rings. The first-order valence-electron chi connectivity index (χ1n) is 6.15. The summed E-state index contributed by atoms with van der Waals surface area (Å²) in [5, 5.41) is 3.67. The average Bonchev–Trinajstić information content (AvgIpc) is 2.20. The summed E-state index contributed by atoms with van der Waals surface area (Å²) >= 11 is 0. The van der Waals surface area contributed by atoms with Gasteiger partial charge in [-0.2, -0.15) is 0 Å². The molecule has 90 valence electrons. The summed E-state index contributed by atoms with van der Waals surface area (Å²) in [5.41, 5.74) is 0. The van der Waals surface area contributed by atoms with Crippen LogP contribution in [-0.2, 0) is 4.74 Å². The fourth-order valence-corrected chi connectivity index (χ4v) is 2.32. The van der Waals surface area contributed by atoms with Crippen LogP contribution in [0.2, 0.25) is 0 Å². The third-order valence-corrected chi connectivity index (χ3v) is 3.29. The highest BCUT2D eigenvalue weighted by Gasteiger charge is 2.22. The van der Waals surface area contributed by atoms with Gasteiger partial charge in [-0.05, 0) is 45.3 Å². The minimum atomic E-state index is 0.726. The lowest BCUT2D eigenvalue weighted by molar-refractivity contribution is 0.170. The van der Waals surface area contributed by atoms with Crippen LogP contribution >= 0.6 is 0 Å². The lowest BCUT2D eigenvalue weighted by Gasteiger charge is -2.35. The van der Waals surface area contributed by atoms with Gasteiger partial charge in [-0.25, -0.2) is 0 Å². The molecule has 1 N–H and O–H groups in total. The minimum Gasteiger partial charge on any atom is -0.385 e. The van der Waals surface area contributed by atoms with Crippen molar-refractivity contribution in [2.75, 3.05) is 40.4 Å². The minimum absolute atomic E-state index is 0.726. The maximum Gasteiger partial charge on any atom is 0.0462 e. The molecule has 3 heteroatoms. The van der Waals surface area contributed by atoms with Gasteiger partial charge < -0.3 is 15.0 Å². The van der Waals surface area contributed by atoms with Gasteiger partial charge in [-0.3, -0.25) is 0 Å². The molecule has 2 unspecified atom stereocenters. The first-order chi connectivity index (χ1) is 7.24. The predicted octanol–water partition coefficient (Wildman–Crippen LogP) is 1.34. The molecule has 3 nitrogen and oxygen atoms in total. The normalized spacial score (nSPS) is 28.2. The number of piperidine rings is 1. The molecule has 1 aliphatic rings. The maximum absolute atomic E-state index is 5.03. The summed E-state index contributed by atoms with van der Waals surface area (Å²) < 4.78 is 5.03. The third-order valence-electron chi connectivity index (χ3n) is 3.29. The van der Waals surface area contributed by atoms with Crippen molar-refractivity contribution in [1.82, 2.24) is 10.2 Å². The monoisotopic (exact) mass is 214 g/mol. The van der Waals surface area contributed by atoms with E-state index in [1.807, 2.05) is 0 Å². The molecule has 2 atom stereocenters. The lowest BCUT2D eigenvalue weighted by atomic mass is 9.94. The smallest absolute Gasteiger partial charge is 0.0462 e. The fraction of sp³-hybridized carbons (Fsp3) is 1.00. The Balaban J connectivity index is 2.05. The first kappa shape index (κ1) is 12.9. The maximum atomic E-state index is 5.03. The van der Waals surface area contributed by atoms with Gasteiger partial charge in [0.1, 0.15) is 0 Å². The van der Waals surface area contributed by atoms with E-state index < -0.39 is 0 Å². The Morgan fingerprint density at radius 2 is 2.20 bits per heavy atom. The van der Waals surface area contributed by atoms with Crippen LogP contribution in [0.4, 0.5) is 0 Å². The highest BCUT2D eigenvalue weighted by molar-refractivity contribution is 4.81. The van der Waals surface area contributed by atoms with E-state index in [2.05, 4.69) is 24.2 Å². The number of nitrogens with one attached hydrogen (secondary N) is 1. The van der Waals surface area contributed by atoms with Crippen LogP contribution in [0.15, 0.2) is 0 Å². The molecule has 0 saturated carbocycles. The Bertz CT molecular complexity index is 164. The second kappa shape index (κ2) is 7.20. The zero-order valence-electron chi connectivity index (χ0n) is 10.5. The van der Waals surface area contributed by atoms with E-state index in [-0.39, 0.29) is 0 Å². The Kier molecular flexibility index (Phi) is 6.22. The number of hydrogen-bond acceptors (Lipinski definition) is 3. The molecule has 0 aromatic heterocycles. The van der Waals surface area contributed by atoms with Gasteiger partial charge in [-0.15, -0.1) is 0 Å². The van der Waals surface area contributed by atoms with E-state index in [9.17, 15) is 0 Å². The Labute approximate surface area is 94.2 Å². The first-order valence-corrected chi connectivity index (χ1v) is 6.15. The molecule has 0 aromatic carbocycles. The van der Waals surface area contributed by atoms with Gasteiger partial charge in [0.15, 0.2) is 0 Å². The van der Waals surface area contributed by atoms with Crippen LogP contribution in [0.25, 0.3) is 0 Å². The molecule has 1 heterocycles. The Morgan fingerprint density at radius 3 is 2.87 bits per heavy atom. The van der Waals surface area contributed by atoms with Crippen LogP contribution in [0.5, 0.6) is 0 Å². The summed E-state index contributed by atoms with van der Waals surface area (Å²) in [5.74, 6) is 0.783. The summed E-state index contributed by atoms with van der Waals surface area (Å²) in [4.78, 5) is 2.42. The molecule has 0 aliphatic carbocycles. The van der Waals surface area contributed by atoms with Crippen LogP contribution in [-0.4, -0.2) is 51.3 Å². The van der Waals surface area contributed by atoms with Gasteiger partial charge in [0, 0.05) is 26.3 Å². The molecular weight excluding hydrogens is 188 g/mol. The highest BCUT2D eigenvalue weighted by Crippen LogP contribution is 2.15. The number of ether oxygens (including phenoxy) is 1. The molecule has 1 fully saturated rings. The van der Waals surface area contributed by atoms with Crippen molar-refractivity contribution in [3.05, 3.63) is 0 Å². The number of unbranched alkanes of at least 4 members (excludes halogenated alkanes) is 1.